The standard InChI is InChI=1S/C13H16O5S/c1-7-9(4-3-5-10(7)13(17)18)12(16)11(15)6-19-8(2)14/h3-5,11-12,15-16H,6H2,1-2H3,(H,17,18). The summed E-state index contributed by atoms with van der Waals surface area (Å²) in [4.78, 5) is 21.8. The lowest BCUT2D eigenvalue weighted by atomic mass is 9.96. The smallest absolute Gasteiger partial charge is 0.335 e. The van der Waals surface area contributed by atoms with Gasteiger partial charge in [-0.1, -0.05) is 23.9 Å². The van der Waals surface area contributed by atoms with Crippen LogP contribution >= 0.6 is 11.8 Å². The number of aliphatic hydroxyl groups excluding tert-OH is 2. The number of rotatable bonds is 5. The van der Waals surface area contributed by atoms with E-state index in [1.54, 1.807) is 13.0 Å². The lowest BCUT2D eigenvalue weighted by Gasteiger charge is -2.20. The van der Waals surface area contributed by atoms with Crippen molar-refractivity contribution in [2.45, 2.75) is 26.1 Å². The molecular weight excluding hydrogens is 268 g/mol. The molecule has 0 aliphatic carbocycles. The first-order valence-corrected chi connectivity index (χ1v) is 6.65. The Hall–Kier alpha value is -1.37. The summed E-state index contributed by atoms with van der Waals surface area (Å²) in [6.07, 6.45) is -2.34. The average molecular weight is 284 g/mol. The molecule has 0 saturated heterocycles. The first-order valence-electron chi connectivity index (χ1n) is 5.67. The molecule has 1 rings (SSSR count). The third kappa shape index (κ3) is 4.05. The lowest BCUT2D eigenvalue weighted by Crippen LogP contribution is -2.22. The molecule has 6 heteroatoms. The molecule has 0 aromatic heterocycles. The number of carboxylic acids is 1. The summed E-state index contributed by atoms with van der Waals surface area (Å²) in [5.74, 6) is -1.02. The lowest BCUT2D eigenvalue weighted by molar-refractivity contribution is -0.109. The Balaban J connectivity index is 2.93. The van der Waals surface area contributed by atoms with E-state index in [9.17, 15) is 19.8 Å². The van der Waals surface area contributed by atoms with Gasteiger partial charge in [0, 0.05) is 12.7 Å². The van der Waals surface area contributed by atoms with Crippen molar-refractivity contribution in [1.29, 1.82) is 0 Å². The number of carboxylic acid groups (broad SMARTS) is 1. The van der Waals surface area contributed by atoms with Gasteiger partial charge in [0.05, 0.1) is 11.7 Å². The van der Waals surface area contributed by atoms with Gasteiger partial charge in [-0.15, -0.1) is 0 Å². The Morgan fingerprint density at radius 1 is 1.32 bits per heavy atom. The SMILES string of the molecule is CC(=O)SCC(O)C(O)c1cccc(C(=O)O)c1C. The molecule has 0 bridgehead atoms. The van der Waals surface area contributed by atoms with Crippen LogP contribution in [-0.2, 0) is 4.79 Å². The van der Waals surface area contributed by atoms with Gasteiger partial charge in [0.2, 0.25) is 0 Å². The van der Waals surface area contributed by atoms with Gasteiger partial charge in [-0.2, -0.15) is 0 Å². The second-order valence-corrected chi connectivity index (χ2v) is 5.34. The molecule has 0 fully saturated rings. The van der Waals surface area contributed by atoms with Gasteiger partial charge in [-0.25, -0.2) is 4.79 Å². The van der Waals surface area contributed by atoms with E-state index in [0.717, 1.165) is 11.8 Å². The third-order valence-electron chi connectivity index (χ3n) is 2.75. The van der Waals surface area contributed by atoms with Crippen LogP contribution in [0.1, 0.15) is 34.5 Å². The fraction of sp³-hybridized carbons (Fsp3) is 0.385. The molecule has 5 nitrogen and oxygen atoms in total. The Kier molecular flexibility index (Phi) is 5.53. The van der Waals surface area contributed by atoms with Gasteiger partial charge in [0.15, 0.2) is 5.12 Å². The second-order valence-electron chi connectivity index (χ2n) is 4.14. The zero-order chi connectivity index (χ0) is 14.6. The molecule has 1 aromatic rings. The van der Waals surface area contributed by atoms with Crippen molar-refractivity contribution >= 4 is 22.8 Å². The number of aliphatic hydroxyl groups is 2. The van der Waals surface area contributed by atoms with Crippen LogP contribution in [0, 0.1) is 6.92 Å². The third-order valence-corrected chi connectivity index (χ3v) is 3.66. The quantitative estimate of drug-likeness (QED) is 0.756. The van der Waals surface area contributed by atoms with Crippen molar-refractivity contribution in [3.05, 3.63) is 34.9 Å². The summed E-state index contributed by atoms with van der Waals surface area (Å²) in [5, 5.41) is 28.7. The summed E-state index contributed by atoms with van der Waals surface area (Å²) in [5.41, 5.74) is 0.855. The number of thioether (sulfide) groups is 1. The molecule has 0 amide bonds. The monoisotopic (exact) mass is 284 g/mol. The number of hydrogen-bond donors (Lipinski definition) is 3. The number of hydrogen-bond acceptors (Lipinski definition) is 5. The van der Waals surface area contributed by atoms with Crippen LogP contribution in [0.4, 0.5) is 0 Å². The molecule has 3 N–H and O–H groups in total. The topological polar surface area (TPSA) is 94.8 Å². The molecule has 1 aromatic carbocycles. The van der Waals surface area contributed by atoms with Crippen molar-refractivity contribution in [1.82, 2.24) is 0 Å². The normalized spacial score (nSPS) is 13.9. The fourth-order valence-electron chi connectivity index (χ4n) is 1.71. The minimum atomic E-state index is -1.22. The summed E-state index contributed by atoms with van der Waals surface area (Å²) in [7, 11) is 0. The molecule has 0 spiro atoms. The van der Waals surface area contributed by atoms with Crippen molar-refractivity contribution in [2.24, 2.45) is 0 Å². The summed E-state index contributed by atoms with van der Waals surface area (Å²) < 4.78 is 0. The highest BCUT2D eigenvalue weighted by molar-refractivity contribution is 8.13. The van der Waals surface area contributed by atoms with Crippen LogP contribution in [0.25, 0.3) is 0 Å². The predicted molar refractivity (Wildman–Crippen MR) is 72.2 cm³/mol. The second kappa shape index (κ2) is 6.70. The highest BCUT2D eigenvalue weighted by Gasteiger charge is 2.22. The zero-order valence-electron chi connectivity index (χ0n) is 10.7. The first kappa shape index (κ1) is 15.7. The molecule has 0 radical (unpaired) electrons. The van der Waals surface area contributed by atoms with Gasteiger partial charge in [-0.05, 0) is 24.1 Å². The predicted octanol–water partition coefficient (Wildman–Crippen LogP) is 1.37. The molecule has 0 saturated carbocycles. The van der Waals surface area contributed by atoms with E-state index in [1.165, 1.54) is 19.1 Å². The van der Waals surface area contributed by atoms with E-state index in [0.29, 0.717) is 11.1 Å². The van der Waals surface area contributed by atoms with Crippen molar-refractivity contribution in [2.75, 3.05) is 5.75 Å². The van der Waals surface area contributed by atoms with E-state index in [2.05, 4.69) is 0 Å². The summed E-state index contributed by atoms with van der Waals surface area (Å²) in [6, 6.07) is 4.51. The van der Waals surface area contributed by atoms with Crippen molar-refractivity contribution in [3.8, 4) is 0 Å². The molecule has 2 atom stereocenters. The van der Waals surface area contributed by atoms with Gasteiger partial charge in [0.25, 0.3) is 0 Å². The Labute approximate surface area is 115 Å². The Morgan fingerprint density at radius 3 is 2.47 bits per heavy atom. The minimum absolute atomic E-state index is 0.0627. The average Bonchev–Trinajstić information content (AvgIpc) is 2.34. The Morgan fingerprint density at radius 2 is 1.95 bits per heavy atom. The highest BCUT2D eigenvalue weighted by Crippen LogP contribution is 2.25. The van der Waals surface area contributed by atoms with Crippen LogP contribution < -0.4 is 0 Å². The maximum absolute atomic E-state index is 11.0. The number of carbonyl (C=O) groups is 2. The highest BCUT2D eigenvalue weighted by atomic mass is 32.2. The van der Waals surface area contributed by atoms with Gasteiger partial charge in [0.1, 0.15) is 6.10 Å². The first-order chi connectivity index (χ1) is 8.84. The minimum Gasteiger partial charge on any atom is -0.478 e. The molecule has 0 aliphatic rings. The van der Waals surface area contributed by atoms with E-state index in [4.69, 9.17) is 5.11 Å². The van der Waals surface area contributed by atoms with Gasteiger partial charge >= 0.3 is 5.97 Å². The van der Waals surface area contributed by atoms with Crippen LogP contribution in [0.3, 0.4) is 0 Å². The molecule has 19 heavy (non-hydrogen) atoms. The number of benzene rings is 1. The van der Waals surface area contributed by atoms with Gasteiger partial charge < -0.3 is 15.3 Å². The molecule has 0 aliphatic heterocycles. The Bertz CT molecular complexity index is 486. The molecule has 2 unspecified atom stereocenters. The molecule has 0 heterocycles. The van der Waals surface area contributed by atoms with Crippen LogP contribution in [-0.4, -0.2) is 38.3 Å². The van der Waals surface area contributed by atoms with E-state index < -0.39 is 18.2 Å². The molecular formula is C13H16O5S. The maximum atomic E-state index is 11.0. The van der Waals surface area contributed by atoms with Crippen LogP contribution in [0.15, 0.2) is 18.2 Å². The molecule has 104 valence electrons. The van der Waals surface area contributed by atoms with Gasteiger partial charge in [-0.3, -0.25) is 4.79 Å². The summed E-state index contributed by atoms with van der Waals surface area (Å²) >= 11 is 0.914. The van der Waals surface area contributed by atoms with Crippen molar-refractivity contribution in [3.63, 3.8) is 0 Å². The summed E-state index contributed by atoms with van der Waals surface area (Å²) in [6.45, 7) is 2.95. The van der Waals surface area contributed by atoms with E-state index in [-0.39, 0.29) is 16.4 Å². The fourth-order valence-corrected chi connectivity index (χ4v) is 2.29. The number of carbonyl (C=O) groups excluding carboxylic acids is 1. The van der Waals surface area contributed by atoms with Crippen molar-refractivity contribution < 1.29 is 24.9 Å². The van der Waals surface area contributed by atoms with Crippen LogP contribution in [0.5, 0.6) is 0 Å². The largest absolute Gasteiger partial charge is 0.478 e. The van der Waals surface area contributed by atoms with Crippen LogP contribution in [0.2, 0.25) is 0 Å². The zero-order valence-corrected chi connectivity index (χ0v) is 11.5. The van der Waals surface area contributed by atoms with E-state index >= 15 is 0 Å². The van der Waals surface area contributed by atoms with E-state index in [1.807, 2.05) is 0 Å². The maximum Gasteiger partial charge on any atom is 0.335 e. The number of aromatic carboxylic acids is 1.